The highest BCUT2D eigenvalue weighted by molar-refractivity contribution is 5.78. The van der Waals surface area contributed by atoms with E-state index in [1.807, 2.05) is 25.1 Å². The van der Waals surface area contributed by atoms with Gasteiger partial charge in [-0.05, 0) is 24.6 Å². The van der Waals surface area contributed by atoms with Gasteiger partial charge in [0.1, 0.15) is 0 Å². The molecule has 0 atom stereocenters. The van der Waals surface area contributed by atoms with Crippen LogP contribution in [0.25, 0.3) is 6.08 Å². The topological polar surface area (TPSA) is 29.1 Å². The predicted molar refractivity (Wildman–Crippen MR) is 51.0 cm³/mol. The molecule has 12 heavy (non-hydrogen) atoms. The highest BCUT2D eigenvalue weighted by atomic mass is 16.1. The van der Waals surface area contributed by atoms with Gasteiger partial charge in [-0.25, -0.2) is 0 Å². The van der Waals surface area contributed by atoms with E-state index >= 15 is 0 Å². The second kappa shape index (κ2) is 3.72. The van der Waals surface area contributed by atoms with Crippen LogP contribution in [0.3, 0.4) is 0 Å². The van der Waals surface area contributed by atoms with E-state index in [9.17, 15) is 4.79 Å². The first-order valence-electron chi connectivity index (χ1n) is 3.71. The minimum absolute atomic E-state index is 0.664. The molecule has 1 aromatic carbocycles. The predicted octanol–water partition coefficient (Wildman–Crippen LogP) is 2.21. The summed E-state index contributed by atoms with van der Waals surface area (Å²) in [6.45, 7) is 5.66. The molecule has 1 amide bonds. The largest absolute Gasteiger partial charge is 0.328 e. The van der Waals surface area contributed by atoms with Gasteiger partial charge in [-0.2, -0.15) is 0 Å². The lowest BCUT2D eigenvalue weighted by Crippen LogP contribution is -1.96. The van der Waals surface area contributed by atoms with Gasteiger partial charge in [-0.3, -0.25) is 4.79 Å². The number of nitrogens with one attached hydrogen (secondary N) is 1. The molecule has 0 saturated carbocycles. The van der Waals surface area contributed by atoms with Crippen LogP contribution >= 0.6 is 0 Å². The van der Waals surface area contributed by atoms with E-state index in [0.29, 0.717) is 6.41 Å². The number of hydrogen-bond donors (Lipinski definition) is 1. The number of anilines is 1. The van der Waals surface area contributed by atoms with Crippen LogP contribution in [-0.4, -0.2) is 6.41 Å². The monoisotopic (exact) mass is 161 g/mol. The van der Waals surface area contributed by atoms with Crippen LogP contribution in [0.2, 0.25) is 0 Å². The van der Waals surface area contributed by atoms with E-state index in [1.54, 1.807) is 6.08 Å². The molecule has 0 aliphatic carbocycles. The molecule has 1 aromatic rings. The Hall–Kier alpha value is -1.57. The first-order chi connectivity index (χ1) is 5.77. The molecule has 0 saturated heterocycles. The van der Waals surface area contributed by atoms with Crippen molar-refractivity contribution in [1.82, 2.24) is 0 Å². The van der Waals surface area contributed by atoms with E-state index in [-0.39, 0.29) is 0 Å². The normalized spacial score (nSPS) is 9.08. The standard InChI is InChI=1S/C10H11NO/c1-3-9-6-8(2)4-5-10(9)11-7-12/h3-7H,1H2,2H3,(H,11,12). The van der Waals surface area contributed by atoms with Gasteiger partial charge in [0.05, 0.1) is 0 Å². The summed E-state index contributed by atoms with van der Waals surface area (Å²) in [4.78, 5) is 10.2. The number of aryl methyl sites for hydroxylation is 1. The van der Waals surface area contributed by atoms with Crippen molar-refractivity contribution in [1.29, 1.82) is 0 Å². The van der Waals surface area contributed by atoms with E-state index in [2.05, 4.69) is 11.9 Å². The van der Waals surface area contributed by atoms with Gasteiger partial charge in [0, 0.05) is 5.69 Å². The van der Waals surface area contributed by atoms with Crippen molar-refractivity contribution in [2.75, 3.05) is 5.32 Å². The number of rotatable bonds is 3. The quantitative estimate of drug-likeness (QED) is 0.676. The molecule has 62 valence electrons. The van der Waals surface area contributed by atoms with E-state index in [4.69, 9.17) is 0 Å². The van der Waals surface area contributed by atoms with E-state index in [1.165, 1.54) is 0 Å². The van der Waals surface area contributed by atoms with E-state index < -0.39 is 0 Å². The van der Waals surface area contributed by atoms with Gasteiger partial charge in [0.2, 0.25) is 6.41 Å². The van der Waals surface area contributed by atoms with Crippen LogP contribution in [0.15, 0.2) is 24.8 Å². The van der Waals surface area contributed by atoms with Crippen molar-refractivity contribution in [3.05, 3.63) is 35.9 Å². The van der Waals surface area contributed by atoms with Crippen molar-refractivity contribution in [3.63, 3.8) is 0 Å². The smallest absolute Gasteiger partial charge is 0.211 e. The molecule has 0 aliphatic heterocycles. The van der Waals surface area contributed by atoms with Crippen molar-refractivity contribution < 1.29 is 4.79 Å². The molecule has 2 nitrogen and oxygen atoms in total. The molecule has 0 unspecified atom stereocenters. The molecule has 0 aromatic heterocycles. The fraction of sp³-hybridized carbons (Fsp3) is 0.100. The molecule has 1 rings (SSSR count). The Kier molecular flexibility index (Phi) is 2.64. The fourth-order valence-electron chi connectivity index (χ4n) is 1.05. The van der Waals surface area contributed by atoms with Crippen molar-refractivity contribution >= 4 is 18.2 Å². The third kappa shape index (κ3) is 1.72. The first kappa shape index (κ1) is 8.53. The Morgan fingerprint density at radius 3 is 2.83 bits per heavy atom. The minimum atomic E-state index is 0.664. The summed E-state index contributed by atoms with van der Waals surface area (Å²) in [5.41, 5.74) is 2.90. The maximum Gasteiger partial charge on any atom is 0.211 e. The lowest BCUT2D eigenvalue weighted by atomic mass is 10.1. The maximum atomic E-state index is 10.2. The number of hydrogen-bond acceptors (Lipinski definition) is 1. The summed E-state index contributed by atoms with van der Waals surface area (Å²) < 4.78 is 0. The Bertz CT molecular complexity index is 305. The third-order valence-corrected chi connectivity index (χ3v) is 1.64. The summed E-state index contributed by atoms with van der Waals surface area (Å²) in [5, 5.41) is 2.60. The Labute approximate surface area is 71.9 Å². The molecule has 0 radical (unpaired) electrons. The second-order valence-electron chi connectivity index (χ2n) is 2.56. The second-order valence-corrected chi connectivity index (χ2v) is 2.56. The van der Waals surface area contributed by atoms with Crippen LogP contribution in [0.5, 0.6) is 0 Å². The molecule has 0 aliphatic rings. The van der Waals surface area contributed by atoms with Crippen LogP contribution < -0.4 is 5.32 Å². The molecular formula is C10H11NO. The number of amides is 1. The summed E-state index contributed by atoms with van der Waals surface area (Å²) in [6, 6.07) is 5.78. The third-order valence-electron chi connectivity index (χ3n) is 1.64. The summed E-state index contributed by atoms with van der Waals surface area (Å²) in [7, 11) is 0. The van der Waals surface area contributed by atoms with E-state index in [0.717, 1.165) is 16.8 Å². The molecule has 0 spiro atoms. The number of carbonyl (C=O) groups is 1. The van der Waals surface area contributed by atoms with Crippen molar-refractivity contribution in [2.45, 2.75) is 6.92 Å². The Morgan fingerprint density at radius 2 is 2.25 bits per heavy atom. The van der Waals surface area contributed by atoms with Gasteiger partial charge >= 0.3 is 0 Å². The SMILES string of the molecule is C=Cc1cc(C)ccc1NC=O. The highest BCUT2D eigenvalue weighted by Gasteiger charge is 1.96. The average Bonchev–Trinajstić information content (AvgIpc) is 2.08. The lowest BCUT2D eigenvalue weighted by Gasteiger charge is -2.04. The van der Waals surface area contributed by atoms with Crippen LogP contribution in [0, 0.1) is 6.92 Å². The molecular weight excluding hydrogens is 150 g/mol. The minimum Gasteiger partial charge on any atom is -0.328 e. The van der Waals surface area contributed by atoms with Crippen LogP contribution in [-0.2, 0) is 4.79 Å². The number of carbonyl (C=O) groups excluding carboxylic acids is 1. The van der Waals surface area contributed by atoms with Crippen LogP contribution in [0.1, 0.15) is 11.1 Å². The zero-order valence-corrected chi connectivity index (χ0v) is 7.00. The highest BCUT2D eigenvalue weighted by Crippen LogP contribution is 2.17. The molecule has 0 fully saturated rings. The Morgan fingerprint density at radius 1 is 1.50 bits per heavy atom. The first-order valence-corrected chi connectivity index (χ1v) is 3.71. The van der Waals surface area contributed by atoms with Crippen LogP contribution in [0.4, 0.5) is 5.69 Å². The zero-order chi connectivity index (χ0) is 8.97. The molecule has 2 heteroatoms. The summed E-state index contributed by atoms with van der Waals surface area (Å²) in [6.07, 6.45) is 2.39. The van der Waals surface area contributed by atoms with Crippen molar-refractivity contribution in [2.24, 2.45) is 0 Å². The molecule has 1 N–H and O–H groups in total. The van der Waals surface area contributed by atoms with Gasteiger partial charge < -0.3 is 5.32 Å². The van der Waals surface area contributed by atoms with Gasteiger partial charge in [0.15, 0.2) is 0 Å². The lowest BCUT2D eigenvalue weighted by molar-refractivity contribution is -0.105. The van der Waals surface area contributed by atoms with Gasteiger partial charge in [0.25, 0.3) is 0 Å². The van der Waals surface area contributed by atoms with Crippen molar-refractivity contribution in [3.8, 4) is 0 Å². The Balaban J connectivity index is 3.10. The summed E-state index contributed by atoms with van der Waals surface area (Å²) in [5.74, 6) is 0. The summed E-state index contributed by atoms with van der Waals surface area (Å²) >= 11 is 0. The van der Waals surface area contributed by atoms with Gasteiger partial charge in [-0.15, -0.1) is 0 Å². The fourth-order valence-corrected chi connectivity index (χ4v) is 1.05. The zero-order valence-electron chi connectivity index (χ0n) is 7.00. The average molecular weight is 161 g/mol. The number of benzene rings is 1. The molecule has 0 bridgehead atoms. The molecule has 0 heterocycles. The maximum absolute atomic E-state index is 10.2. The van der Waals surface area contributed by atoms with Gasteiger partial charge in [-0.1, -0.05) is 24.3 Å².